The zero-order valence-electron chi connectivity index (χ0n) is 9.28. The van der Waals surface area contributed by atoms with Gasteiger partial charge in [0.15, 0.2) is 0 Å². The number of carbonyl (C=O) groups excluding carboxylic acids is 1. The first-order valence-electron chi connectivity index (χ1n) is 5.48. The van der Waals surface area contributed by atoms with Crippen LogP contribution in [0.15, 0.2) is 6.20 Å². The van der Waals surface area contributed by atoms with Gasteiger partial charge in [-0.15, -0.1) is 22.9 Å². The first-order chi connectivity index (χ1) is 7.70. The molecule has 3 nitrogen and oxygen atoms in total. The van der Waals surface area contributed by atoms with E-state index in [1.807, 2.05) is 11.8 Å². The molecule has 1 aliphatic rings. The van der Waals surface area contributed by atoms with Crippen molar-refractivity contribution in [2.24, 2.45) is 5.92 Å². The molecule has 2 heterocycles. The maximum absolute atomic E-state index is 12.1. The van der Waals surface area contributed by atoms with Crippen molar-refractivity contribution in [1.82, 2.24) is 9.88 Å². The third-order valence-electron chi connectivity index (χ3n) is 2.86. The molecule has 1 aromatic rings. The highest BCUT2D eigenvalue weighted by molar-refractivity contribution is 7.13. The average molecular weight is 259 g/mol. The first-order valence-corrected chi connectivity index (χ1v) is 6.83. The molecule has 88 valence electrons. The molecule has 0 N–H and O–H groups in total. The van der Waals surface area contributed by atoms with E-state index in [9.17, 15) is 4.79 Å². The van der Waals surface area contributed by atoms with Crippen LogP contribution in [0.1, 0.15) is 27.5 Å². The smallest absolute Gasteiger partial charge is 0.265 e. The maximum atomic E-state index is 12.1. The Morgan fingerprint density at radius 3 is 3.19 bits per heavy atom. The van der Waals surface area contributed by atoms with Crippen molar-refractivity contribution >= 4 is 28.8 Å². The van der Waals surface area contributed by atoms with E-state index in [1.165, 1.54) is 11.3 Å². The Bertz CT molecular complexity index is 380. The van der Waals surface area contributed by atoms with Crippen LogP contribution in [0.3, 0.4) is 0 Å². The van der Waals surface area contributed by atoms with Crippen molar-refractivity contribution in [2.45, 2.75) is 19.8 Å². The lowest BCUT2D eigenvalue weighted by molar-refractivity contribution is 0.0689. The fourth-order valence-corrected chi connectivity index (χ4v) is 2.99. The molecule has 0 radical (unpaired) electrons. The van der Waals surface area contributed by atoms with E-state index in [0.717, 1.165) is 35.8 Å². The summed E-state index contributed by atoms with van der Waals surface area (Å²) >= 11 is 7.32. The Kier molecular flexibility index (Phi) is 3.82. The lowest BCUT2D eigenvalue weighted by Crippen LogP contribution is -2.40. The zero-order valence-corrected chi connectivity index (χ0v) is 10.9. The van der Waals surface area contributed by atoms with E-state index >= 15 is 0 Å². The standard InChI is InChI=1S/C11H15ClN2OS/c1-8-13-6-10(16-8)11(15)14-4-2-3-9(5-12)7-14/h6,9H,2-5,7H2,1H3. The number of aryl methyl sites for hydroxylation is 1. The molecule has 1 aliphatic heterocycles. The minimum Gasteiger partial charge on any atom is -0.338 e. The number of rotatable bonds is 2. The van der Waals surface area contributed by atoms with E-state index in [4.69, 9.17) is 11.6 Å². The highest BCUT2D eigenvalue weighted by atomic mass is 35.5. The van der Waals surface area contributed by atoms with Gasteiger partial charge in [-0.25, -0.2) is 4.98 Å². The van der Waals surface area contributed by atoms with E-state index in [1.54, 1.807) is 6.20 Å². The Morgan fingerprint density at radius 2 is 2.56 bits per heavy atom. The van der Waals surface area contributed by atoms with Crippen molar-refractivity contribution in [3.05, 3.63) is 16.1 Å². The number of thiazole rings is 1. The molecule has 1 unspecified atom stereocenters. The summed E-state index contributed by atoms with van der Waals surface area (Å²) in [6, 6.07) is 0. The predicted octanol–water partition coefficient (Wildman–Crippen LogP) is 2.54. The number of hydrogen-bond donors (Lipinski definition) is 0. The van der Waals surface area contributed by atoms with Crippen LogP contribution in [-0.4, -0.2) is 34.8 Å². The van der Waals surface area contributed by atoms with Crippen molar-refractivity contribution in [1.29, 1.82) is 0 Å². The fourth-order valence-electron chi connectivity index (χ4n) is 1.99. The second-order valence-corrected chi connectivity index (χ2v) is 5.70. The highest BCUT2D eigenvalue weighted by Gasteiger charge is 2.24. The number of amides is 1. The molecule has 0 spiro atoms. The lowest BCUT2D eigenvalue weighted by Gasteiger charge is -2.31. The van der Waals surface area contributed by atoms with Crippen LogP contribution >= 0.6 is 22.9 Å². The molecule has 1 fully saturated rings. The van der Waals surface area contributed by atoms with Crippen molar-refractivity contribution in [2.75, 3.05) is 19.0 Å². The molecular weight excluding hydrogens is 244 g/mol. The highest BCUT2D eigenvalue weighted by Crippen LogP contribution is 2.21. The number of carbonyl (C=O) groups is 1. The van der Waals surface area contributed by atoms with Gasteiger partial charge in [-0.3, -0.25) is 4.79 Å². The van der Waals surface area contributed by atoms with Crippen LogP contribution in [0.25, 0.3) is 0 Å². The predicted molar refractivity (Wildman–Crippen MR) is 66.2 cm³/mol. The van der Waals surface area contributed by atoms with Gasteiger partial charge < -0.3 is 4.90 Å². The molecule has 0 bridgehead atoms. The van der Waals surface area contributed by atoms with Gasteiger partial charge in [-0.05, 0) is 25.7 Å². The van der Waals surface area contributed by atoms with Gasteiger partial charge in [-0.2, -0.15) is 0 Å². The van der Waals surface area contributed by atoms with Gasteiger partial charge in [0.1, 0.15) is 4.88 Å². The quantitative estimate of drug-likeness (QED) is 0.764. The molecule has 0 aliphatic carbocycles. The molecule has 1 aromatic heterocycles. The number of hydrogen-bond acceptors (Lipinski definition) is 3. The van der Waals surface area contributed by atoms with Gasteiger partial charge in [0.25, 0.3) is 5.91 Å². The van der Waals surface area contributed by atoms with Crippen LogP contribution < -0.4 is 0 Å². The van der Waals surface area contributed by atoms with Crippen molar-refractivity contribution in [3.63, 3.8) is 0 Å². The molecule has 1 saturated heterocycles. The number of nitrogens with zero attached hydrogens (tertiary/aromatic N) is 2. The molecule has 0 saturated carbocycles. The fraction of sp³-hybridized carbons (Fsp3) is 0.636. The maximum Gasteiger partial charge on any atom is 0.265 e. The summed E-state index contributed by atoms with van der Waals surface area (Å²) in [5.74, 6) is 1.21. The molecule has 16 heavy (non-hydrogen) atoms. The second kappa shape index (κ2) is 5.15. The second-order valence-electron chi connectivity index (χ2n) is 4.16. The van der Waals surface area contributed by atoms with Crippen LogP contribution in [0, 0.1) is 12.8 Å². The summed E-state index contributed by atoms with van der Waals surface area (Å²) in [5, 5.41) is 0.939. The summed E-state index contributed by atoms with van der Waals surface area (Å²) in [6.07, 6.45) is 3.86. The lowest BCUT2D eigenvalue weighted by atomic mass is 10.00. The summed E-state index contributed by atoms with van der Waals surface area (Å²) < 4.78 is 0. The number of likely N-dealkylation sites (tertiary alicyclic amines) is 1. The Hall–Kier alpha value is -0.610. The topological polar surface area (TPSA) is 33.2 Å². The molecule has 2 rings (SSSR count). The summed E-state index contributed by atoms with van der Waals surface area (Å²) in [7, 11) is 0. The monoisotopic (exact) mass is 258 g/mol. The van der Waals surface area contributed by atoms with E-state index in [-0.39, 0.29) is 5.91 Å². The zero-order chi connectivity index (χ0) is 11.5. The van der Waals surface area contributed by atoms with Crippen molar-refractivity contribution < 1.29 is 4.79 Å². The summed E-state index contributed by atoms with van der Waals surface area (Å²) in [5.41, 5.74) is 0. The Labute approximate surface area is 104 Å². The molecule has 1 amide bonds. The Morgan fingerprint density at radius 1 is 1.75 bits per heavy atom. The average Bonchev–Trinajstić information content (AvgIpc) is 2.75. The van der Waals surface area contributed by atoms with Crippen molar-refractivity contribution in [3.8, 4) is 0 Å². The van der Waals surface area contributed by atoms with Gasteiger partial charge in [0.05, 0.1) is 11.2 Å². The minimum absolute atomic E-state index is 0.111. The first kappa shape index (κ1) is 11.9. The molecule has 5 heteroatoms. The number of alkyl halides is 1. The van der Waals surface area contributed by atoms with E-state index < -0.39 is 0 Å². The SMILES string of the molecule is Cc1ncc(C(=O)N2CCCC(CCl)C2)s1. The molecule has 0 aromatic carbocycles. The molecule has 1 atom stereocenters. The van der Waals surface area contributed by atoms with Gasteiger partial charge in [0, 0.05) is 19.0 Å². The van der Waals surface area contributed by atoms with Crippen LogP contribution in [0.5, 0.6) is 0 Å². The van der Waals surface area contributed by atoms with Gasteiger partial charge in [0.2, 0.25) is 0 Å². The number of halogens is 1. The third kappa shape index (κ3) is 2.55. The largest absolute Gasteiger partial charge is 0.338 e. The van der Waals surface area contributed by atoms with E-state index in [0.29, 0.717) is 11.8 Å². The normalized spacial score (nSPS) is 21.1. The number of aromatic nitrogens is 1. The minimum atomic E-state index is 0.111. The number of piperidine rings is 1. The molecular formula is C11H15ClN2OS. The summed E-state index contributed by atoms with van der Waals surface area (Å²) in [6.45, 7) is 3.56. The van der Waals surface area contributed by atoms with Crippen LogP contribution in [-0.2, 0) is 0 Å². The van der Waals surface area contributed by atoms with Gasteiger partial charge in [-0.1, -0.05) is 0 Å². The van der Waals surface area contributed by atoms with Crippen LogP contribution in [0.2, 0.25) is 0 Å². The van der Waals surface area contributed by atoms with E-state index in [2.05, 4.69) is 4.98 Å². The third-order valence-corrected chi connectivity index (χ3v) is 4.19. The van der Waals surface area contributed by atoms with Gasteiger partial charge >= 0.3 is 0 Å². The summed E-state index contributed by atoms with van der Waals surface area (Å²) in [4.78, 5) is 18.9. The Balaban J connectivity index is 2.04. The van der Waals surface area contributed by atoms with Crippen LogP contribution in [0.4, 0.5) is 0 Å².